The van der Waals surface area contributed by atoms with E-state index in [4.69, 9.17) is 9.47 Å². The summed E-state index contributed by atoms with van der Waals surface area (Å²) in [4.78, 5) is 49.8. The summed E-state index contributed by atoms with van der Waals surface area (Å²) in [6.45, 7) is 7.32. The van der Waals surface area contributed by atoms with Crippen LogP contribution in [0.4, 0.5) is 5.00 Å². The van der Waals surface area contributed by atoms with E-state index in [0.29, 0.717) is 11.4 Å². The summed E-state index contributed by atoms with van der Waals surface area (Å²) in [7, 11) is 0. The molecule has 3 aromatic heterocycles. The number of anilines is 1. The van der Waals surface area contributed by atoms with Gasteiger partial charge in [-0.2, -0.15) is 0 Å². The molecule has 0 radical (unpaired) electrons. The van der Waals surface area contributed by atoms with Gasteiger partial charge < -0.3 is 14.8 Å². The zero-order chi connectivity index (χ0) is 25.1. The van der Waals surface area contributed by atoms with E-state index in [0.717, 1.165) is 45.8 Å². The first-order valence-corrected chi connectivity index (χ1v) is 14.1. The summed E-state index contributed by atoms with van der Waals surface area (Å²) < 4.78 is 10.3. The van der Waals surface area contributed by atoms with Gasteiger partial charge in [-0.15, -0.1) is 22.7 Å². The Morgan fingerprint density at radius 3 is 2.46 bits per heavy atom. The smallest absolute Gasteiger partial charge is 0.348 e. The molecule has 1 aliphatic rings. The molecule has 0 aliphatic heterocycles. The first-order valence-electron chi connectivity index (χ1n) is 11.5. The average Bonchev–Trinajstić information content (AvgIpc) is 3.34. The minimum absolute atomic E-state index is 0.101. The van der Waals surface area contributed by atoms with Crippen LogP contribution in [0.3, 0.4) is 0 Å². The highest BCUT2D eigenvalue weighted by atomic mass is 32.2. The summed E-state index contributed by atoms with van der Waals surface area (Å²) >= 11 is 4.11. The normalized spacial score (nSPS) is 12.9. The molecule has 8 nitrogen and oxygen atoms in total. The van der Waals surface area contributed by atoms with Gasteiger partial charge in [-0.05, 0) is 64.5 Å². The summed E-state index contributed by atoms with van der Waals surface area (Å²) in [6, 6.07) is 0. The van der Waals surface area contributed by atoms with Crippen molar-refractivity contribution in [3.8, 4) is 0 Å². The van der Waals surface area contributed by atoms with Crippen LogP contribution < -0.4 is 5.32 Å². The number of nitrogens with one attached hydrogen (secondary N) is 1. The summed E-state index contributed by atoms with van der Waals surface area (Å²) in [5.41, 5.74) is 1.94. The SMILES string of the molecule is CCOC(=O)c1sc(NC(=O)CSc2nc(C)nc3sc4c(c23)CCCC4)c(C(=O)OCC)c1C. The van der Waals surface area contributed by atoms with Crippen molar-refractivity contribution in [2.45, 2.75) is 58.4 Å². The van der Waals surface area contributed by atoms with Crippen molar-refractivity contribution >= 4 is 67.5 Å². The molecule has 3 aromatic rings. The zero-order valence-electron chi connectivity index (χ0n) is 20.1. The molecule has 3 heterocycles. The highest BCUT2D eigenvalue weighted by Crippen LogP contribution is 2.40. The molecule has 0 saturated carbocycles. The van der Waals surface area contributed by atoms with E-state index in [1.165, 1.54) is 28.6 Å². The van der Waals surface area contributed by atoms with E-state index in [9.17, 15) is 14.4 Å². The minimum atomic E-state index is -0.585. The number of ether oxygens (including phenoxy) is 2. The quantitative estimate of drug-likeness (QED) is 0.235. The molecule has 1 amide bonds. The molecule has 1 N–H and O–H groups in total. The molecular formula is C24H27N3O5S3. The monoisotopic (exact) mass is 533 g/mol. The number of amides is 1. The second kappa shape index (κ2) is 11.0. The van der Waals surface area contributed by atoms with E-state index in [1.807, 2.05) is 6.92 Å². The number of nitrogens with zero attached hydrogens (tertiary/aromatic N) is 2. The largest absolute Gasteiger partial charge is 0.462 e. The molecule has 35 heavy (non-hydrogen) atoms. The van der Waals surface area contributed by atoms with Crippen molar-refractivity contribution in [3.05, 3.63) is 32.3 Å². The van der Waals surface area contributed by atoms with E-state index < -0.39 is 11.9 Å². The van der Waals surface area contributed by atoms with E-state index >= 15 is 0 Å². The van der Waals surface area contributed by atoms with E-state index in [-0.39, 0.29) is 40.3 Å². The Hall–Kier alpha value is -2.50. The lowest BCUT2D eigenvalue weighted by Gasteiger charge is -2.12. The topological polar surface area (TPSA) is 107 Å². The lowest BCUT2D eigenvalue weighted by Crippen LogP contribution is -2.16. The number of rotatable bonds is 8. The molecular weight excluding hydrogens is 506 g/mol. The number of thiophene rings is 2. The summed E-state index contributed by atoms with van der Waals surface area (Å²) in [5, 5.41) is 4.96. The zero-order valence-corrected chi connectivity index (χ0v) is 22.6. The van der Waals surface area contributed by atoms with Crippen LogP contribution in [-0.4, -0.2) is 46.8 Å². The highest BCUT2D eigenvalue weighted by Gasteiger charge is 2.28. The van der Waals surface area contributed by atoms with Crippen molar-refractivity contribution in [1.82, 2.24) is 9.97 Å². The van der Waals surface area contributed by atoms with Crippen molar-refractivity contribution in [3.63, 3.8) is 0 Å². The fraction of sp³-hybridized carbons (Fsp3) is 0.458. The van der Waals surface area contributed by atoms with Gasteiger partial charge in [0.2, 0.25) is 5.91 Å². The average molecular weight is 534 g/mol. The van der Waals surface area contributed by atoms with Gasteiger partial charge in [-0.25, -0.2) is 19.6 Å². The third kappa shape index (κ3) is 5.36. The lowest BCUT2D eigenvalue weighted by atomic mass is 9.97. The van der Waals surface area contributed by atoms with Gasteiger partial charge >= 0.3 is 11.9 Å². The van der Waals surface area contributed by atoms with Crippen LogP contribution in [-0.2, 0) is 27.1 Å². The minimum Gasteiger partial charge on any atom is -0.462 e. The molecule has 4 rings (SSSR count). The van der Waals surface area contributed by atoms with Crippen LogP contribution in [0.5, 0.6) is 0 Å². The molecule has 1 aliphatic carbocycles. The van der Waals surface area contributed by atoms with Gasteiger partial charge in [0.1, 0.15) is 25.6 Å². The number of hydrogen-bond donors (Lipinski definition) is 1. The fourth-order valence-electron chi connectivity index (χ4n) is 4.07. The molecule has 0 unspecified atom stereocenters. The van der Waals surface area contributed by atoms with Crippen molar-refractivity contribution in [2.75, 3.05) is 24.3 Å². The van der Waals surface area contributed by atoms with Gasteiger partial charge in [0.15, 0.2) is 0 Å². The number of hydrogen-bond acceptors (Lipinski definition) is 10. The van der Waals surface area contributed by atoms with Crippen LogP contribution in [0, 0.1) is 13.8 Å². The molecule has 186 valence electrons. The third-order valence-electron chi connectivity index (χ3n) is 5.57. The number of thioether (sulfide) groups is 1. The first kappa shape index (κ1) is 25.6. The highest BCUT2D eigenvalue weighted by molar-refractivity contribution is 8.00. The van der Waals surface area contributed by atoms with Gasteiger partial charge in [-0.3, -0.25) is 4.79 Å². The number of carbonyl (C=O) groups excluding carboxylic acids is 3. The third-order valence-corrected chi connectivity index (χ3v) is 8.92. The Bertz CT molecular complexity index is 1300. The second-order valence-electron chi connectivity index (χ2n) is 8.01. The van der Waals surface area contributed by atoms with Gasteiger partial charge in [0.25, 0.3) is 0 Å². The van der Waals surface area contributed by atoms with Gasteiger partial charge in [0, 0.05) is 10.3 Å². The summed E-state index contributed by atoms with van der Waals surface area (Å²) in [6.07, 6.45) is 4.41. The second-order valence-corrected chi connectivity index (χ2v) is 11.1. The Morgan fingerprint density at radius 2 is 1.71 bits per heavy atom. The molecule has 0 bridgehead atoms. The molecule has 0 spiro atoms. The molecule has 0 atom stereocenters. The maximum absolute atomic E-state index is 12.9. The number of aromatic nitrogens is 2. The maximum Gasteiger partial charge on any atom is 0.348 e. The number of carbonyl (C=O) groups is 3. The lowest BCUT2D eigenvalue weighted by molar-refractivity contribution is -0.113. The van der Waals surface area contributed by atoms with Crippen LogP contribution in [0.25, 0.3) is 10.2 Å². The predicted molar refractivity (Wildman–Crippen MR) is 139 cm³/mol. The van der Waals surface area contributed by atoms with Crippen LogP contribution in [0.1, 0.15) is 68.5 Å². The van der Waals surface area contributed by atoms with E-state index in [1.54, 1.807) is 32.1 Å². The van der Waals surface area contributed by atoms with E-state index in [2.05, 4.69) is 15.3 Å². The van der Waals surface area contributed by atoms with Gasteiger partial charge in [-0.1, -0.05) is 11.8 Å². The van der Waals surface area contributed by atoms with Crippen LogP contribution in [0.15, 0.2) is 5.03 Å². The summed E-state index contributed by atoms with van der Waals surface area (Å²) in [5.74, 6) is -0.638. The number of aryl methyl sites for hydroxylation is 3. The molecule has 11 heteroatoms. The van der Waals surface area contributed by atoms with Crippen LogP contribution in [0.2, 0.25) is 0 Å². The maximum atomic E-state index is 12.9. The first-order chi connectivity index (χ1) is 16.8. The van der Waals surface area contributed by atoms with Crippen molar-refractivity contribution in [1.29, 1.82) is 0 Å². The molecule has 0 aromatic carbocycles. The van der Waals surface area contributed by atoms with Crippen LogP contribution >= 0.6 is 34.4 Å². The Morgan fingerprint density at radius 1 is 1.00 bits per heavy atom. The standard InChI is InChI=1S/C24H27N3O5S3/c1-5-31-23(29)17-12(3)19(24(30)32-6-2)35-21(17)27-16(28)11-33-20-18-14-9-7-8-10-15(14)34-22(18)26-13(4)25-20/h5-11H2,1-4H3,(H,27,28). The Kier molecular flexibility index (Phi) is 8.08. The molecule has 0 saturated heterocycles. The predicted octanol–water partition coefficient (Wildman–Crippen LogP) is 5.33. The number of esters is 2. The van der Waals surface area contributed by atoms with Crippen molar-refractivity contribution < 1.29 is 23.9 Å². The van der Waals surface area contributed by atoms with Crippen molar-refractivity contribution in [2.24, 2.45) is 0 Å². The van der Waals surface area contributed by atoms with Gasteiger partial charge in [0.05, 0.1) is 24.5 Å². The Labute approximate surface area is 215 Å². The fourth-order valence-corrected chi connectivity index (χ4v) is 7.45. The molecule has 0 fully saturated rings. The number of fused-ring (bicyclic) bond motifs is 3. The Balaban J connectivity index is 1.57.